The van der Waals surface area contributed by atoms with Crippen LogP contribution < -0.4 is 10.6 Å². The molecule has 0 aliphatic heterocycles. The number of methoxy groups -OCH3 is 2. The molecule has 0 aliphatic rings. The fourth-order valence-electron chi connectivity index (χ4n) is 1.34. The lowest BCUT2D eigenvalue weighted by Gasteiger charge is -2.20. The molecule has 0 radical (unpaired) electrons. The van der Waals surface area contributed by atoms with E-state index in [4.69, 9.17) is 9.47 Å². The first-order chi connectivity index (χ1) is 7.49. The van der Waals surface area contributed by atoms with Crippen molar-refractivity contribution < 1.29 is 9.47 Å². The van der Waals surface area contributed by atoms with Crippen molar-refractivity contribution in [3.63, 3.8) is 0 Å². The van der Waals surface area contributed by atoms with Crippen molar-refractivity contribution in [3.8, 4) is 0 Å². The zero-order valence-electron chi connectivity index (χ0n) is 11.4. The van der Waals surface area contributed by atoms with Crippen LogP contribution in [0.3, 0.4) is 0 Å². The molecule has 2 N–H and O–H groups in total. The third kappa shape index (κ3) is 10.4. The molecule has 0 aromatic rings. The Morgan fingerprint density at radius 3 is 2.31 bits per heavy atom. The Morgan fingerprint density at radius 2 is 1.81 bits per heavy atom. The Bertz CT molecular complexity index is 158. The first-order valence-corrected chi connectivity index (χ1v) is 5.97. The molecule has 1 unspecified atom stereocenters. The molecule has 1 atom stereocenters. The largest absolute Gasteiger partial charge is 0.382 e. The van der Waals surface area contributed by atoms with E-state index in [0.29, 0.717) is 6.61 Å². The number of rotatable bonds is 9. The van der Waals surface area contributed by atoms with Gasteiger partial charge >= 0.3 is 0 Å². The van der Waals surface area contributed by atoms with Gasteiger partial charge in [-0.2, -0.15) is 0 Å². The maximum Gasteiger partial charge on any atom is 0.0928 e. The van der Waals surface area contributed by atoms with Gasteiger partial charge in [0.1, 0.15) is 0 Å². The number of hydrogen-bond donors (Lipinski definition) is 2. The van der Waals surface area contributed by atoms with E-state index in [9.17, 15) is 0 Å². The normalized spacial score (nSPS) is 14.1. The van der Waals surface area contributed by atoms with Crippen molar-refractivity contribution in [1.82, 2.24) is 10.6 Å². The molecule has 0 aromatic carbocycles. The Labute approximate surface area is 100 Å². The smallest absolute Gasteiger partial charge is 0.0928 e. The topological polar surface area (TPSA) is 42.5 Å². The summed E-state index contributed by atoms with van der Waals surface area (Å²) in [6.45, 7) is 10.1. The minimum atomic E-state index is 0.153. The number of ether oxygens (including phenoxy) is 2. The van der Waals surface area contributed by atoms with Crippen LogP contribution in [0.1, 0.15) is 27.2 Å². The summed E-state index contributed by atoms with van der Waals surface area (Å²) in [7, 11) is 3.41. The second-order valence-corrected chi connectivity index (χ2v) is 5.05. The molecule has 0 fully saturated rings. The van der Waals surface area contributed by atoms with E-state index in [1.165, 1.54) is 0 Å². The first kappa shape index (κ1) is 15.8. The van der Waals surface area contributed by atoms with Crippen LogP contribution in [-0.2, 0) is 9.47 Å². The number of nitrogens with one attached hydrogen (secondary N) is 2. The van der Waals surface area contributed by atoms with E-state index >= 15 is 0 Å². The zero-order chi connectivity index (χ0) is 12.4. The van der Waals surface area contributed by atoms with Crippen molar-refractivity contribution in [2.45, 2.75) is 38.8 Å². The van der Waals surface area contributed by atoms with E-state index < -0.39 is 0 Å². The van der Waals surface area contributed by atoms with E-state index in [1.807, 2.05) is 0 Å². The molecule has 0 spiro atoms. The maximum absolute atomic E-state index is 5.25. The van der Waals surface area contributed by atoms with Crippen LogP contribution in [0.25, 0.3) is 0 Å². The standard InChI is InChI=1S/C12H28N2O2/c1-12(2,3)14-8-6-7-13-9-11(16-5)10-15-4/h11,13-14H,6-10H2,1-5H3. The Balaban J connectivity index is 3.32. The zero-order valence-corrected chi connectivity index (χ0v) is 11.4. The first-order valence-electron chi connectivity index (χ1n) is 5.97. The molecular formula is C12H28N2O2. The average molecular weight is 232 g/mol. The molecule has 0 rings (SSSR count). The fraction of sp³-hybridized carbons (Fsp3) is 1.00. The van der Waals surface area contributed by atoms with Crippen molar-refractivity contribution in [2.75, 3.05) is 40.5 Å². The van der Waals surface area contributed by atoms with Gasteiger partial charge in [-0.3, -0.25) is 0 Å². The highest BCUT2D eigenvalue weighted by atomic mass is 16.5. The van der Waals surface area contributed by atoms with Crippen LogP contribution >= 0.6 is 0 Å². The van der Waals surface area contributed by atoms with Gasteiger partial charge in [-0.1, -0.05) is 0 Å². The van der Waals surface area contributed by atoms with E-state index in [-0.39, 0.29) is 11.6 Å². The predicted octanol–water partition coefficient (Wildman–Crippen LogP) is 1.02. The van der Waals surface area contributed by atoms with Gasteiger partial charge in [0.2, 0.25) is 0 Å². The summed E-state index contributed by atoms with van der Waals surface area (Å²) in [5, 5.41) is 6.82. The highest BCUT2D eigenvalue weighted by molar-refractivity contribution is 4.70. The molecule has 0 bridgehead atoms. The van der Waals surface area contributed by atoms with Crippen molar-refractivity contribution >= 4 is 0 Å². The third-order valence-corrected chi connectivity index (χ3v) is 2.24. The van der Waals surface area contributed by atoms with Gasteiger partial charge in [-0.05, 0) is 40.3 Å². The van der Waals surface area contributed by atoms with Crippen LogP contribution in [0.2, 0.25) is 0 Å². The molecule has 0 saturated carbocycles. The van der Waals surface area contributed by atoms with Gasteiger partial charge in [0.15, 0.2) is 0 Å². The Hall–Kier alpha value is -0.160. The molecule has 4 heteroatoms. The highest BCUT2D eigenvalue weighted by Crippen LogP contribution is 1.97. The lowest BCUT2D eigenvalue weighted by molar-refractivity contribution is 0.0290. The summed E-state index contributed by atoms with van der Waals surface area (Å²) in [4.78, 5) is 0. The van der Waals surface area contributed by atoms with Crippen LogP contribution in [0.4, 0.5) is 0 Å². The van der Waals surface area contributed by atoms with E-state index in [0.717, 1.165) is 26.1 Å². The quantitative estimate of drug-likeness (QED) is 0.582. The van der Waals surface area contributed by atoms with Crippen molar-refractivity contribution in [3.05, 3.63) is 0 Å². The second kappa shape index (κ2) is 8.93. The molecule has 16 heavy (non-hydrogen) atoms. The summed E-state index contributed by atoms with van der Waals surface area (Å²) >= 11 is 0. The minimum absolute atomic E-state index is 0.153. The van der Waals surface area contributed by atoms with Crippen LogP contribution in [0.15, 0.2) is 0 Å². The monoisotopic (exact) mass is 232 g/mol. The summed E-state index contributed by atoms with van der Waals surface area (Å²) in [6, 6.07) is 0. The molecule has 0 heterocycles. The second-order valence-electron chi connectivity index (χ2n) is 5.05. The summed E-state index contributed by atoms with van der Waals surface area (Å²) < 4.78 is 10.3. The van der Waals surface area contributed by atoms with Crippen LogP contribution in [-0.4, -0.2) is 52.1 Å². The molecular weight excluding hydrogens is 204 g/mol. The van der Waals surface area contributed by atoms with Crippen molar-refractivity contribution in [1.29, 1.82) is 0 Å². The van der Waals surface area contributed by atoms with Crippen LogP contribution in [0.5, 0.6) is 0 Å². The Kier molecular flexibility index (Phi) is 8.84. The maximum atomic E-state index is 5.25. The van der Waals surface area contributed by atoms with Gasteiger partial charge in [-0.15, -0.1) is 0 Å². The third-order valence-electron chi connectivity index (χ3n) is 2.24. The SMILES string of the molecule is COCC(CNCCCNC(C)(C)C)OC. The predicted molar refractivity (Wildman–Crippen MR) is 67.9 cm³/mol. The fourth-order valence-corrected chi connectivity index (χ4v) is 1.34. The lowest BCUT2D eigenvalue weighted by atomic mass is 10.1. The Morgan fingerprint density at radius 1 is 1.12 bits per heavy atom. The van der Waals surface area contributed by atoms with Gasteiger partial charge in [-0.25, -0.2) is 0 Å². The van der Waals surface area contributed by atoms with Crippen molar-refractivity contribution in [2.24, 2.45) is 0 Å². The molecule has 0 aliphatic carbocycles. The molecule has 4 nitrogen and oxygen atoms in total. The molecule has 0 amide bonds. The van der Waals surface area contributed by atoms with Gasteiger partial charge in [0, 0.05) is 26.3 Å². The van der Waals surface area contributed by atoms with E-state index in [1.54, 1.807) is 14.2 Å². The summed E-state index contributed by atoms with van der Waals surface area (Å²) in [6.07, 6.45) is 1.28. The highest BCUT2D eigenvalue weighted by Gasteiger charge is 2.08. The summed E-state index contributed by atoms with van der Waals surface area (Å²) in [5.41, 5.74) is 0.213. The average Bonchev–Trinajstić information content (AvgIpc) is 2.20. The summed E-state index contributed by atoms with van der Waals surface area (Å²) in [5.74, 6) is 0. The molecule has 98 valence electrons. The lowest BCUT2D eigenvalue weighted by Crippen LogP contribution is -2.38. The van der Waals surface area contributed by atoms with Gasteiger partial charge in [0.05, 0.1) is 12.7 Å². The number of hydrogen-bond acceptors (Lipinski definition) is 4. The van der Waals surface area contributed by atoms with Crippen LogP contribution in [0, 0.1) is 0 Å². The minimum Gasteiger partial charge on any atom is -0.382 e. The molecule has 0 aromatic heterocycles. The van der Waals surface area contributed by atoms with Gasteiger partial charge < -0.3 is 20.1 Å². The van der Waals surface area contributed by atoms with Gasteiger partial charge in [0.25, 0.3) is 0 Å². The molecule has 0 saturated heterocycles. The van der Waals surface area contributed by atoms with E-state index in [2.05, 4.69) is 31.4 Å².